The molecule has 0 amide bonds. The van der Waals surface area contributed by atoms with Crippen molar-refractivity contribution in [2.45, 2.75) is 6.92 Å². The van der Waals surface area contributed by atoms with Crippen LogP contribution in [0.5, 0.6) is 11.5 Å². The molecule has 0 fully saturated rings. The van der Waals surface area contributed by atoms with E-state index in [0.29, 0.717) is 0 Å². The Morgan fingerprint density at radius 2 is 1.85 bits per heavy atom. The predicted octanol–water partition coefficient (Wildman–Crippen LogP) is 1.98. The largest absolute Gasteiger partial charge is 0.504 e. The van der Waals surface area contributed by atoms with Crippen molar-refractivity contribution in [2.75, 3.05) is 18.5 Å². The Bertz CT molecular complexity index is 278. The number of aromatic hydroxyl groups is 2. The summed E-state index contributed by atoms with van der Waals surface area (Å²) in [5, 5.41) is 18.2. The first-order chi connectivity index (χ1) is 5.65. The van der Waals surface area contributed by atoms with Crippen LogP contribution >= 0.6 is 12.4 Å². The Kier molecular flexibility index (Phi) is 4.42. The van der Waals surface area contributed by atoms with Gasteiger partial charge in [-0.3, -0.25) is 0 Å². The van der Waals surface area contributed by atoms with Crippen LogP contribution in [0.4, 0.5) is 5.69 Å². The molecule has 1 aromatic rings. The zero-order valence-corrected chi connectivity index (χ0v) is 8.51. The molecule has 0 heterocycles. The minimum absolute atomic E-state index is 0. The Morgan fingerprint density at radius 1 is 1.23 bits per heavy atom. The van der Waals surface area contributed by atoms with Gasteiger partial charge in [0.15, 0.2) is 11.5 Å². The highest BCUT2D eigenvalue weighted by Crippen LogP contribution is 2.28. The van der Waals surface area contributed by atoms with Crippen LogP contribution in [-0.4, -0.2) is 23.8 Å². The number of hydrogen-bond donors (Lipinski definition) is 2. The summed E-state index contributed by atoms with van der Waals surface area (Å²) in [6, 6.07) is 4.79. The fourth-order valence-electron chi connectivity index (χ4n) is 0.932. The maximum Gasteiger partial charge on any atom is 0.159 e. The molecule has 0 aliphatic heterocycles. The quantitative estimate of drug-likeness (QED) is 0.723. The van der Waals surface area contributed by atoms with Crippen molar-refractivity contribution >= 4 is 18.1 Å². The van der Waals surface area contributed by atoms with E-state index in [2.05, 4.69) is 0 Å². The van der Waals surface area contributed by atoms with E-state index < -0.39 is 0 Å². The summed E-state index contributed by atoms with van der Waals surface area (Å²) < 4.78 is 0. The standard InChI is InChI=1S/C9H13NO2.ClH/c1-3-10(2)7-4-5-8(11)9(12)6-7;/h4-6,11-12H,3H2,1-2H3;1H. The summed E-state index contributed by atoms with van der Waals surface area (Å²) in [7, 11) is 1.92. The van der Waals surface area contributed by atoms with Crippen molar-refractivity contribution in [3.05, 3.63) is 18.2 Å². The van der Waals surface area contributed by atoms with E-state index in [-0.39, 0.29) is 23.9 Å². The van der Waals surface area contributed by atoms with Crippen LogP contribution in [0.3, 0.4) is 0 Å². The molecule has 3 nitrogen and oxygen atoms in total. The molecule has 0 spiro atoms. The van der Waals surface area contributed by atoms with Crippen LogP contribution in [-0.2, 0) is 0 Å². The molecule has 0 atom stereocenters. The highest BCUT2D eigenvalue weighted by molar-refractivity contribution is 5.85. The van der Waals surface area contributed by atoms with Crippen molar-refractivity contribution in [3.8, 4) is 11.5 Å². The number of rotatable bonds is 2. The number of halogens is 1. The van der Waals surface area contributed by atoms with Crippen LogP contribution in [0.2, 0.25) is 0 Å². The molecule has 74 valence electrons. The number of benzene rings is 1. The van der Waals surface area contributed by atoms with E-state index in [0.717, 1.165) is 12.2 Å². The van der Waals surface area contributed by atoms with Gasteiger partial charge < -0.3 is 15.1 Å². The second-order valence-corrected chi connectivity index (χ2v) is 2.69. The molecule has 0 aliphatic carbocycles. The molecule has 0 bridgehead atoms. The summed E-state index contributed by atoms with van der Waals surface area (Å²) in [5.74, 6) is -0.156. The van der Waals surface area contributed by atoms with Gasteiger partial charge in [-0.1, -0.05) is 0 Å². The van der Waals surface area contributed by atoms with Crippen LogP contribution in [0.25, 0.3) is 0 Å². The molecule has 13 heavy (non-hydrogen) atoms. The van der Waals surface area contributed by atoms with Gasteiger partial charge in [0.1, 0.15) is 0 Å². The molecule has 0 aromatic heterocycles. The lowest BCUT2D eigenvalue weighted by Gasteiger charge is -2.16. The third kappa shape index (κ3) is 2.70. The molecular weight excluding hydrogens is 190 g/mol. The fourth-order valence-corrected chi connectivity index (χ4v) is 0.932. The van der Waals surface area contributed by atoms with Gasteiger partial charge in [-0.25, -0.2) is 0 Å². The van der Waals surface area contributed by atoms with Gasteiger partial charge in [-0.05, 0) is 19.1 Å². The highest BCUT2D eigenvalue weighted by Gasteiger charge is 2.02. The highest BCUT2D eigenvalue weighted by atomic mass is 35.5. The van der Waals surface area contributed by atoms with Gasteiger partial charge in [-0.2, -0.15) is 0 Å². The Morgan fingerprint density at radius 3 is 2.31 bits per heavy atom. The second-order valence-electron chi connectivity index (χ2n) is 2.69. The summed E-state index contributed by atoms with van der Waals surface area (Å²) >= 11 is 0. The summed E-state index contributed by atoms with van der Waals surface area (Å²) in [4.78, 5) is 1.97. The Hall–Kier alpha value is -1.09. The number of nitrogens with zero attached hydrogens (tertiary/aromatic N) is 1. The molecule has 1 rings (SSSR count). The van der Waals surface area contributed by atoms with Gasteiger partial charge in [0.25, 0.3) is 0 Å². The molecule has 2 N–H and O–H groups in total. The predicted molar refractivity (Wildman–Crippen MR) is 56.0 cm³/mol. The second kappa shape index (κ2) is 4.82. The van der Waals surface area contributed by atoms with Crippen LogP contribution in [0, 0.1) is 0 Å². The van der Waals surface area contributed by atoms with Crippen molar-refractivity contribution in [2.24, 2.45) is 0 Å². The number of anilines is 1. The Balaban J connectivity index is 0.00000144. The first-order valence-corrected chi connectivity index (χ1v) is 3.88. The molecular formula is C9H14ClNO2. The van der Waals surface area contributed by atoms with E-state index in [1.807, 2.05) is 18.9 Å². The Labute approximate surface area is 84.0 Å². The van der Waals surface area contributed by atoms with Crippen molar-refractivity contribution in [1.82, 2.24) is 0 Å². The zero-order valence-electron chi connectivity index (χ0n) is 7.69. The van der Waals surface area contributed by atoms with Gasteiger partial charge in [0, 0.05) is 25.3 Å². The van der Waals surface area contributed by atoms with Gasteiger partial charge in [0.2, 0.25) is 0 Å². The molecule has 0 radical (unpaired) electrons. The summed E-state index contributed by atoms with van der Waals surface area (Å²) in [6.07, 6.45) is 0. The fraction of sp³-hybridized carbons (Fsp3) is 0.333. The van der Waals surface area contributed by atoms with Gasteiger partial charge in [0.05, 0.1) is 0 Å². The van der Waals surface area contributed by atoms with Crippen LogP contribution < -0.4 is 4.90 Å². The minimum Gasteiger partial charge on any atom is -0.504 e. The normalized spacial score (nSPS) is 9.08. The number of phenols is 2. The minimum atomic E-state index is -0.0803. The first kappa shape index (κ1) is 11.9. The first-order valence-electron chi connectivity index (χ1n) is 3.88. The number of hydrogen-bond acceptors (Lipinski definition) is 3. The van der Waals surface area contributed by atoms with E-state index in [4.69, 9.17) is 10.2 Å². The van der Waals surface area contributed by atoms with Gasteiger partial charge >= 0.3 is 0 Å². The van der Waals surface area contributed by atoms with Crippen molar-refractivity contribution in [3.63, 3.8) is 0 Å². The van der Waals surface area contributed by atoms with Gasteiger partial charge in [-0.15, -0.1) is 12.4 Å². The maximum absolute atomic E-state index is 9.17. The molecule has 1 aromatic carbocycles. The van der Waals surface area contributed by atoms with E-state index >= 15 is 0 Å². The van der Waals surface area contributed by atoms with E-state index in [1.165, 1.54) is 6.07 Å². The van der Waals surface area contributed by atoms with Crippen LogP contribution in [0.15, 0.2) is 18.2 Å². The van der Waals surface area contributed by atoms with Crippen molar-refractivity contribution in [1.29, 1.82) is 0 Å². The maximum atomic E-state index is 9.17. The molecule has 0 saturated carbocycles. The van der Waals surface area contributed by atoms with Crippen LogP contribution in [0.1, 0.15) is 6.92 Å². The monoisotopic (exact) mass is 203 g/mol. The lowest BCUT2D eigenvalue weighted by atomic mass is 10.2. The third-order valence-corrected chi connectivity index (χ3v) is 1.87. The topological polar surface area (TPSA) is 43.7 Å². The average Bonchev–Trinajstić information content (AvgIpc) is 2.08. The molecule has 4 heteroatoms. The summed E-state index contributed by atoms with van der Waals surface area (Å²) in [5.41, 5.74) is 0.896. The third-order valence-electron chi connectivity index (χ3n) is 1.87. The number of phenolic OH excluding ortho intramolecular Hbond substituents is 2. The van der Waals surface area contributed by atoms with E-state index in [9.17, 15) is 0 Å². The average molecular weight is 204 g/mol. The smallest absolute Gasteiger partial charge is 0.159 e. The summed E-state index contributed by atoms with van der Waals surface area (Å²) in [6.45, 7) is 2.88. The van der Waals surface area contributed by atoms with Crippen molar-refractivity contribution < 1.29 is 10.2 Å². The molecule has 0 unspecified atom stereocenters. The lowest BCUT2D eigenvalue weighted by molar-refractivity contribution is 0.404. The lowest BCUT2D eigenvalue weighted by Crippen LogP contribution is -2.15. The van der Waals surface area contributed by atoms with E-state index in [1.54, 1.807) is 12.1 Å². The molecule has 0 saturated heterocycles. The molecule has 0 aliphatic rings. The SMILES string of the molecule is CCN(C)c1ccc(O)c(O)c1.Cl. The zero-order chi connectivity index (χ0) is 9.14.